The molecule has 0 atom stereocenters. The van der Waals surface area contributed by atoms with Crippen molar-refractivity contribution in [3.8, 4) is 11.5 Å². The second-order valence-corrected chi connectivity index (χ2v) is 6.01. The van der Waals surface area contributed by atoms with Crippen molar-refractivity contribution in [2.75, 3.05) is 13.7 Å². The largest absolute Gasteiger partial charge is 0.493 e. The van der Waals surface area contributed by atoms with Crippen LogP contribution in [0.4, 0.5) is 0 Å². The van der Waals surface area contributed by atoms with E-state index in [9.17, 15) is 0 Å². The van der Waals surface area contributed by atoms with Gasteiger partial charge in [-0.2, -0.15) is 5.10 Å². The maximum absolute atomic E-state index is 5.96. The number of nitrogens with zero attached hydrogens (tertiary/aromatic N) is 1. The van der Waals surface area contributed by atoms with Gasteiger partial charge in [-0.1, -0.05) is 35.9 Å². The average molecular weight is 390 g/mol. The lowest BCUT2D eigenvalue weighted by molar-refractivity contribution is 0.284. The third kappa shape index (κ3) is 6.06. The fourth-order valence-corrected chi connectivity index (χ4v) is 2.31. The molecule has 0 aliphatic heterocycles. The summed E-state index contributed by atoms with van der Waals surface area (Å²) in [4.78, 5) is 0. The number of benzene rings is 2. The zero-order valence-electron chi connectivity index (χ0n) is 14.4. The molecule has 5 nitrogen and oxygen atoms in total. The van der Waals surface area contributed by atoms with Gasteiger partial charge in [0.05, 0.1) is 13.3 Å². The zero-order chi connectivity index (χ0) is 18.8. The number of methoxy groups -OCH3 is 1. The predicted molar refractivity (Wildman–Crippen MR) is 110 cm³/mol. The minimum atomic E-state index is 0.380. The summed E-state index contributed by atoms with van der Waals surface area (Å²) in [6.07, 6.45) is 3.34. The Kier molecular flexibility index (Phi) is 7.92. The predicted octanol–water partition coefficient (Wildman–Crippen LogP) is 3.91. The van der Waals surface area contributed by atoms with E-state index in [1.54, 1.807) is 19.4 Å². The molecule has 0 saturated heterocycles. The summed E-state index contributed by atoms with van der Waals surface area (Å²) in [6, 6.07) is 13.1. The Morgan fingerprint density at radius 1 is 1.27 bits per heavy atom. The Bertz CT molecular complexity index is 779. The van der Waals surface area contributed by atoms with E-state index in [0.717, 1.165) is 11.1 Å². The minimum Gasteiger partial charge on any atom is -0.493 e. The van der Waals surface area contributed by atoms with Gasteiger partial charge in [-0.3, -0.25) is 5.43 Å². The summed E-state index contributed by atoms with van der Waals surface area (Å²) >= 11 is 11.0. The molecule has 26 heavy (non-hydrogen) atoms. The Morgan fingerprint density at radius 3 is 2.73 bits per heavy atom. The molecule has 0 bridgehead atoms. The number of rotatable bonds is 8. The van der Waals surface area contributed by atoms with Crippen molar-refractivity contribution in [1.82, 2.24) is 10.7 Å². The van der Waals surface area contributed by atoms with Gasteiger partial charge < -0.3 is 14.8 Å². The second kappa shape index (κ2) is 10.4. The molecule has 2 aromatic carbocycles. The van der Waals surface area contributed by atoms with Gasteiger partial charge in [-0.05, 0) is 42.0 Å². The number of hydrogen-bond donors (Lipinski definition) is 2. The second-order valence-electron chi connectivity index (χ2n) is 5.16. The van der Waals surface area contributed by atoms with Crippen LogP contribution in [0.15, 0.2) is 60.2 Å². The van der Waals surface area contributed by atoms with E-state index >= 15 is 0 Å². The van der Waals surface area contributed by atoms with E-state index in [4.69, 9.17) is 33.3 Å². The average Bonchev–Trinajstić information content (AvgIpc) is 2.66. The smallest absolute Gasteiger partial charge is 0.187 e. The molecule has 2 rings (SSSR count). The van der Waals surface area contributed by atoms with Gasteiger partial charge in [0.25, 0.3) is 0 Å². The molecule has 0 spiro atoms. The molecule has 0 heterocycles. The highest BCUT2D eigenvalue weighted by Crippen LogP contribution is 2.30. The highest BCUT2D eigenvalue weighted by Gasteiger charge is 2.09. The van der Waals surface area contributed by atoms with Gasteiger partial charge in [0.15, 0.2) is 16.6 Å². The van der Waals surface area contributed by atoms with Gasteiger partial charge in [-0.15, -0.1) is 6.58 Å². The van der Waals surface area contributed by atoms with Crippen LogP contribution < -0.4 is 20.2 Å². The van der Waals surface area contributed by atoms with E-state index < -0.39 is 0 Å². The summed E-state index contributed by atoms with van der Waals surface area (Å²) in [5, 5.41) is 8.16. The van der Waals surface area contributed by atoms with Crippen LogP contribution in [0.1, 0.15) is 11.1 Å². The molecule has 0 saturated carbocycles. The van der Waals surface area contributed by atoms with Crippen LogP contribution in [0.5, 0.6) is 11.5 Å². The lowest BCUT2D eigenvalue weighted by Gasteiger charge is -2.13. The zero-order valence-corrected chi connectivity index (χ0v) is 15.9. The maximum Gasteiger partial charge on any atom is 0.187 e. The standard InChI is InChI=1S/C19H20ClN3O2S/c1-3-11-21-19(26)23-22-12-15-5-4-6-17(24-2)18(15)25-13-14-7-9-16(20)10-8-14/h3-10,12H,1,11,13H2,2H3,(H2,21,23,26)/b22-12-. The quantitative estimate of drug-likeness (QED) is 0.310. The van der Waals surface area contributed by atoms with Crippen molar-refractivity contribution in [2.45, 2.75) is 6.61 Å². The molecule has 0 aliphatic rings. The normalized spacial score (nSPS) is 10.4. The van der Waals surface area contributed by atoms with Gasteiger partial charge in [0.2, 0.25) is 0 Å². The fourth-order valence-electron chi connectivity index (χ4n) is 2.05. The van der Waals surface area contributed by atoms with E-state index in [-0.39, 0.29) is 0 Å². The number of halogens is 1. The molecule has 0 aliphatic carbocycles. The molecule has 0 radical (unpaired) electrons. The van der Waals surface area contributed by atoms with Crippen LogP contribution in [0.25, 0.3) is 0 Å². The number of hydrazone groups is 1. The van der Waals surface area contributed by atoms with Crippen LogP contribution >= 0.6 is 23.8 Å². The van der Waals surface area contributed by atoms with Gasteiger partial charge in [0.1, 0.15) is 6.61 Å². The first kappa shape index (κ1) is 19.8. The number of hydrogen-bond acceptors (Lipinski definition) is 4. The first-order valence-corrected chi connectivity index (χ1v) is 8.64. The van der Waals surface area contributed by atoms with Crippen molar-refractivity contribution >= 4 is 35.1 Å². The third-order valence-electron chi connectivity index (χ3n) is 3.30. The topological polar surface area (TPSA) is 54.9 Å². The molecule has 0 aromatic heterocycles. The Hall–Kier alpha value is -2.57. The highest BCUT2D eigenvalue weighted by atomic mass is 35.5. The number of ether oxygens (including phenoxy) is 2. The Morgan fingerprint density at radius 2 is 2.04 bits per heavy atom. The van der Waals surface area contributed by atoms with Gasteiger partial charge >= 0.3 is 0 Å². The molecule has 136 valence electrons. The first-order valence-electron chi connectivity index (χ1n) is 7.86. The van der Waals surface area contributed by atoms with Crippen molar-refractivity contribution in [1.29, 1.82) is 0 Å². The van der Waals surface area contributed by atoms with Crippen LogP contribution in [-0.2, 0) is 6.61 Å². The number of nitrogens with one attached hydrogen (secondary N) is 2. The maximum atomic E-state index is 5.96. The van der Waals surface area contributed by atoms with E-state index in [1.165, 1.54) is 0 Å². The molecular formula is C19H20ClN3O2S. The lowest BCUT2D eigenvalue weighted by atomic mass is 10.2. The van der Waals surface area contributed by atoms with E-state index in [2.05, 4.69) is 22.4 Å². The summed E-state index contributed by atoms with van der Waals surface area (Å²) in [7, 11) is 1.60. The van der Waals surface area contributed by atoms with Crippen LogP contribution in [0, 0.1) is 0 Å². The summed E-state index contributed by atoms with van der Waals surface area (Å²) in [5.41, 5.74) is 4.50. The van der Waals surface area contributed by atoms with Crippen LogP contribution in [-0.4, -0.2) is 25.0 Å². The SMILES string of the molecule is C=CCNC(=S)N/N=C\c1cccc(OC)c1OCc1ccc(Cl)cc1. The van der Waals surface area contributed by atoms with Crippen molar-refractivity contribution in [3.63, 3.8) is 0 Å². The van der Waals surface area contributed by atoms with E-state index in [1.807, 2.05) is 42.5 Å². The van der Waals surface area contributed by atoms with Crippen molar-refractivity contribution < 1.29 is 9.47 Å². The fraction of sp³-hybridized carbons (Fsp3) is 0.158. The summed E-state index contributed by atoms with van der Waals surface area (Å²) < 4.78 is 11.4. The molecule has 2 N–H and O–H groups in total. The number of para-hydroxylation sites is 1. The minimum absolute atomic E-state index is 0.380. The van der Waals surface area contributed by atoms with Crippen LogP contribution in [0.3, 0.4) is 0 Å². The van der Waals surface area contributed by atoms with E-state index in [0.29, 0.717) is 34.8 Å². The summed E-state index contributed by atoms with van der Waals surface area (Å²) in [6.45, 7) is 4.56. The van der Waals surface area contributed by atoms with Gasteiger partial charge in [0, 0.05) is 17.1 Å². The monoisotopic (exact) mass is 389 g/mol. The van der Waals surface area contributed by atoms with Crippen molar-refractivity contribution in [2.24, 2.45) is 5.10 Å². The molecule has 7 heteroatoms. The summed E-state index contributed by atoms with van der Waals surface area (Å²) in [5.74, 6) is 1.22. The Balaban J connectivity index is 2.09. The number of thiocarbonyl (C=S) groups is 1. The van der Waals surface area contributed by atoms with Crippen LogP contribution in [0.2, 0.25) is 5.02 Å². The lowest BCUT2D eigenvalue weighted by Crippen LogP contribution is -2.31. The molecular weight excluding hydrogens is 370 g/mol. The highest BCUT2D eigenvalue weighted by molar-refractivity contribution is 7.80. The molecule has 0 fully saturated rings. The first-order chi connectivity index (χ1) is 12.6. The molecule has 0 amide bonds. The Labute approximate surface area is 163 Å². The van der Waals surface area contributed by atoms with Gasteiger partial charge in [-0.25, -0.2) is 0 Å². The molecule has 0 unspecified atom stereocenters. The molecule has 2 aromatic rings. The third-order valence-corrected chi connectivity index (χ3v) is 3.79. The van der Waals surface area contributed by atoms with Crippen molar-refractivity contribution in [3.05, 3.63) is 71.3 Å².